The van der Waals surface area contributed by atoms with Gasteiger partial charge in [0.1, 0.15) is 174 Å². The van der Waals surface area contributed by atoms with E-state index in [2.05, 4.69) is 16.7 Å². The molecule has 41 nitrogen and oxygen atoms in total. The van der Waals surface area contributed by atoms with Gasteiger partial charge in [-0.3, -0.25) is 16.7 Å². The summed E-state index contributed by atoms with van der Waals surface area (Å²) >= 11 is 0. The van der Waals surface area contributed by atoms with Gasteiger partial charge in [0.15, 0.2) is 21.0 Å². The van der Waals surface area contributed by atoms with E-state index in [4.69, 9.17) is 25.2 Å². The van der Waals surface area contributed by atoms with Crippen LogP contribution in [-0.4, -0.2) is 430 Å². The minimum Gasteiger partial charge on any atom is -0.726 e. The first-order valence-corrected chi connectivity index (χ1v) is 39.1. The summed E-state index contributed by atoms with van der Waals surface area (Å²) < 4.78 is 151. The molecule has 4 aliphatic heterocycles. The number of ether oxygens (including phenoxy) is 1. The lowest BCUT2D eigenvalue weighted by molar-refractivity contribution is -0.108. The minimum absolute atomic E-state index is 0.0128. The monoisotopic (exact) mass is 1530 g/mol. The second kappa shape index (κ2) is 41.7. The van der Waals surface area contributed by atoms with Crippen LogP contribution in [0.1, 0.15) is 6.92 Å². The summed E-state index contributed by atoms with van der Waals surface area (Å²) in [6, 6.07) is 0. The molecule has 4 heterocycles. The maximum Gasteiger partial charge on any atom is 0.218 e. The van der Waals surface area contributed by atoms with Gasteiger partial charge in [-0.1, -0.05) is 6.92 Å². The van der Waals surface area contributed by atoms with Crippen molar-refractivity contribution in [2.24, 2.45) is 5.92 Å². The summed E-state index contributed by atoms with van der Waals surface area (Å²) in [5, 5.41) is 225. The molecule has 0 amide bonds. The number of aliphatic hydroxyl groups is 24. The van der Waals surface area contributed by atoms with Crippen LogP contribution < -0.4 is 0 Å². The Labute approximate surface area is 546 Å². The molecule has 0 aromatic heterocycles. The standard InChI is InChI=1S/C12H24O11S2.C11H22O11S2.C11H22O9S2.C10H20O10S2/c1-22-8(5-24-4-7(16)10(17)9(24)3-14)12(23-25(19,20)21)11(18)6(15)2-13;12-1-5(14)10(18)11(22-24(19,20)21)7(16)4-23-3-6(15)9(17)8(23)2-13;1-6(11(7(14)2-12)20-22(17,18)19)4-21-5-8(15)10(16)9(21)3-13;11-1-5(13)10(20-22(17,18)19)7(15)4-21-3-6(14)9(16)8(21)2-12/h6-18H,2-5H2,1H3;5-18H,1-4H2;6-16H,2-5H2,1H3;5-16H,1-4H2/t6-,7-,8-,9-,10+,11-,12-,24?;5-,6-,7-,8-,9+,10-,11-,23?;6-,7-,8-,9-,10+,11-,21?;5-,6-,7-,8-,9+,10+,21?/m1111/s1. The van der Waals surface area contributed by atoms with Crippen LogP contribution in [-0.2, 0) is 107 Å². The van der Waals surface area contributed by atoms with Gasteiger partial charge in [0.2, 0.25) is 41.6 Å². The molecular weight excluding hydrogens is 1440 g/mol. The van der Waals surface area contributed by atoms with Crippen molar-refractivity contribution in [3.8, 4) is 0 Å². The number of aliphatic hydroxyl groups excluding tert-OH is 24. The highest BCUT2D eigenvalue weighted by Gasteiger charge is 2.55. The fourth-order valence-electron chi connectivity index (χ4n) is 9.75. The second-order valence-electron chi connectivity index (χ2n) is 21.3. The van der Waals surface area contributed by atoms with Crippen molar-refractivity contribution >= 4 is 85.2 Å². The molecule has 0 aromatic carbocycles. The lowest BCUT2D eigenvalue weighted by atomic mass is 10.0. The molecule has 0 aliphatic carbocycles. The summed E-state index contributed by atoms with van der Waals surface area (Å²) in [6.45, 7) is -3.84. The largest absolute Gasteiger partial charge is 0.726 e. The highest BCUT2D eigenvalue weighted by molar-refractivity contribution is 7.98. The van der Waals surface area contributed by atoms with Crippen molar-refractivity contribution in [1.29, 1.82) is 0 Å². The molecule has 0 aromatic rings. The first-order valence-electron chi connectivity index (χ1n) is 27.3. The third-order valence-electron chi connectivity index (χ3n) is 14.6. The van der Waals surface area contributed by atoms with Gasteiger partial charge in [0.05, 0.1) is 52.9 Å². The Balaban J connectivity index is 0.000000621. The van der Waals surface area contributed by atoms with Crippen LogP contribution in [0.2, 0.25) is 0 Å². The van der Waals surface area contributed by atoms with Gasteiger partial charge in [-0.15, -0.1) is 0 Å². The van der Waals surface area contributed by atoms with E-state index in [0.717, 1.165) is 7.11 Å². The van der Waals surface area contributed by atoms with Gasteiger partial charge in [0.25, 0.3) is 0 Å². The quantitative estimate of drug-likeness (QED) is 0.0159. The van der Waals surface area contributed by atoms with Gasteiger partial charge in [0, 0.05) is 45.7 Å². The molecule has 0 saturated carbocycles. The van der Waals surface area contributed by atoms with Crippen molar-refractivity contribution < 1.29 is 196 Å². The average molecular weight is 1530 g/mol. The summed E-state index contributed by atoms with van der Waals surface area (Å²) in [5.41, 5.74) is 0. The number of hydrogen-bond acceptors (Lipinski definition) is 41. The average Bonchev–Trinajstić information content (AvgIpc) is 1.77. The van der Waals surface area contributed by atoms with E-state index in [1.807, 2.05) is 0 Å². The van der Waals surface area contributed by atoms with Crippen LogP contribution in [0.5, 0.6) is 0 Å². The summed E-state index contributed by atoms with van der Waals surface area (Å²) in [6.07, 6.45) is -31.9. The van der Waals surface area contributed by atoms with Gasteiger partial charge in [-0.25, -0.2) is 33.7 Å². The summed E-state index contributed by atoms with van der Waals surface area (Å²) in [5.74, 6) is -0.632. The van der Waals surface area contributed by atoms with Crippen LogP contribution >= 0.6 is 0 Å². The molecule has 4 saturated heterocycles. The molecule has 4 fully saturated rings. The maximum absolute atomic E-state index is 10.9. The molecule has 0 radical (unpaired) electrons. The highest BCUT2D eigenvalue weighted by Crippen LogP contribution is 2.31. The van der Waals surface area contributed by atoms with Crippen molar-refractivity contribution in [2.45, 2.75) is 156 Å². The molecule has 24 N–H and O–H groups in total. The predicted octanol–water partition coefficient (Wildman–Crippen LogP) is -18.3. The van der Waals surface area contributed by atoms with Crippen LogP contribution in [0.25, 0.3) is 0 Å². The van der Waals surface area contributed by atoms with Gasteiger partial charge >= 0.3 is 0 Å². The molecule has 4 rings (SSSR count). The van der Waals surface area contributed by atoms with Crippen molar-refractivity contribution in [3.05, 3.63) is 0 Å². The fraction of sp³-hybridized carbons (Fsp3) is 1.00. The zero-order chi connectivity index (χ0) is 72.2. The molecular formula is C44H88O41S8. The van der Waals surface area contributed by atoms with E-state index in [0.29, 0.717) is 0 Å². The van der Waals surface area contributed by atoms with Gasteiger partial charge in [-0.2, -0.15) is 0 Å². The van der Waals surface area contributed by atoms with Gasteiger partial charge < -0.3 is 146 Å². The Hall–Kier alpha value is -0.120. The van der Waals surface area contributed by atoms with Crippen LogP contribution in [0.3, 0.4) is 0 Å². The maximum atomic E-state index is 10.9. The highest BCUT2D eigenvalue weighted by atomic mass is 32.3. The third-order valence-corrected chi connectivity index (χ3v) is 27.9. The lowest BCUT2D eigenvalue weighted by Crippen LogP contribution is -2.52. The Morgan fingerprint density at radius 3 is 0.903 bits per heavy atom. The van der Waals surface area contributed by atoms with Crippen molar-refractivity contribution in [2.75, 3.05) is 106 Å². The third kappa shape index (κ3) is 29.8. The topological polar surface area (TPSA) is 760 Å². The van der Waals surface area contributed by atoms with E-state index in [-0.39, 0.29) is 52.6 Å². The van der Waals surface area contributed by atoms with E-state index >= 15 is 0 Å². The first kappa shape index (κ1) is 90.9. The molecule has 30 atom stereocenters. The van der Waals surface area contributed by atoms with Crippen molar-refractivity contribution in [3.63, 3.8) is 0 Å². The van der Waals surface area contributed by atoms with Crippen LogP contribution in [0.4, 0.5) is 0 Å². The normalized spacial score (nSPS) is 33.1. The second-order valence-corrected chi connectivity index (χ2v) is 34.8. The number of methoxy groups -OCH3 is 1. The van der Waals surface area contributed by atoms with Crippen LogP contribution in [0, 0.1) is 5.92 Å². The zero-order valence-corrected chi connectivity index (χ0v) is 55.8. The van der Waals surface area contributed by atoms with Crippen molar-refractivity contribution in [1.82, 2.24) is 0 Å². The summed E-state index contributed by atoms with van der Waals surface area (Å²) in [4.78, 5) is 0. The van der Waals surface area contributed by atoms with E-state index in [1.54, 1.807) is 0 Å². The Kier molecular flexibility index (Phi) is 40.8. The number of rotatable bonds is 35. The predicted molar refractivity (Wildman–Crippen MR) is 315 cm³/mol. The minimum atomic E-state index is -5.34. The molecule has 0 bridgehead atoms. The SMILES string of the molecule is CO[C@H](C[S+]1C[C@@H](O)[C@H](O)[C@H]1CO)[C@@H](OS(=O)(=O)[O-])[C@H](O)[C@H](O)CO.C[C@H](C[S+]1C[C@@H](O)[C@H](O)[C@H]1CO)[C@@H](OS(=O)(=O)[O-])[C@H](O)CO.O=S(=O)([O-])O[C@@H]([C@H](O)CO)[C@H](O)C[S+]1C[C@@H](O)[C@H](O)[C@H]1CO.O=S(=O)([O-])O[C@@H]([C@H](O)[C@H](O)CO)[C@H](O)C[S+]1C[C@@H](O)[C@H](O)[C@H]1CO. The molecule has 4 unspecified atom stereocenters. The molecule has 0 spiro atoms. The number of hydrogen-bond donors (Lipinski definition) is 24. The molecule has 4 aliphatic rings. The smallest absolute Gasteiger partial charge is 0.218 e. The van der Waals surface area contributed by atoms with Crippen LogP contribution in [0.15, 0.2) is 0 Å². The zero-order valence-electron chi connectivity index (χ0n) is 49.3. The summed E-state index contributed by atoms with van der Waals surface area (Å²) in [7, 11) is -23.1. The van der Waals surface area contributed by atoms with E-state index in [9.17, 15) is 154 Å². The molecule has 93 heavy (non-hydrogen) atoms. The van der Waals surface area contributed by atoms with E-state index < -0.39 is 287 Å². The Morgan fingerprint density at radius 2 is 0.613 bits per heavy atom. The Morgan fingerprint density at radius 1 is 0.366 bits per heavy atom. The molecule has 49 heteroatoms. The van der Waals surface area contributed by atoms with E-state index in [1.165, 1.54) is 6.92 Å². The fourth-order valence-corrected chi connectivity index (χ4v) is 23.0. The van der Waals surface area contributed by atoms with Gasteiger partial charge in [-0.05, 0) is 10.9 Å². The Bertz CT molecular complexity index is 2480. The first-order chi connectivity index (χ1) is 42.8. The molecule has 558 valence electrons. The lowest BCUT2D eigenvalue weighted by Gasteiger charge is -2.31.